The maximum atomic E-state index is 12.6. The lowest BCUT2D eigenvalue weighted by atomic mass is 10.1. The van der Waals surface area contributed by atoms with E-state index in [1.54, 1.807) is 24.3 Å². The van der Waals surface area contributed by atoms with Crippen LogP contribution in [0.25, 0.3) is 0 Å². The molecular formula is C22H15Cl2N3O6. The predicted octanol–water partition coefficient (Wildman–Crippen LogP) is 4.89. The van der Waals surface area contributed by atoms with Gasteiger partial charge in [-0.2, -0.15) is 5.10 Å². The number of esters is 1. The van der Waals surface area contributed by atoms with Gasteiger partial charge in [0.05, 0.1) is 28.8 Å². The quantitative estimate of drug-likeness (QED) is 0.166. The van der Waals surface area contributed by atoms with E-state index in [0.717, 1.165) is 6.21 Å². The van der Waals surface area contributed by atoms with E-state index in [1.165, 1.54) is 43.5 Å². The smallest absolute Gasteiger partial charge is 0.345 e. The molecule has 0 bridgehead atoms. The predicted molar refractivity (Wildman–Crippen MR) is 123 cm³/mol. The van der Waals surface area contributed by atoms with E-state index in [1.807, 2.05) is 0 Å². The summed E-state index contributed by atoms with van der Waals surface area (Å²) in [5.41, 5.74) is 2.20. The first kappa shape index (κ1) is 23.7. The normalized spacial score (nSPS) is 10.6. The van der Waals surface area contributed by atoms with Gasteiger partial charge >= 0.3 is 11.7 Å². The topological polar surface area (TPSA) is 120 Å². The summed E-state index contributed by atoms with van der Waals surface area (Å²) in [6.45, 7) is 0. The van der Waals surface area contributed by atoms with Gasteiger partial charge in [-0.05, 0) is 48.5 Å². The Hall–Kier alpha value is -3.95. The Bertz CT molecular complexity index is 1250. The average molecular weight is 488 g/mol. The fraction of sp³-hybridized carbons (Fsp3) is 0.0455. The van der Waals surface area contributed by atoms with Crippen molar-refractivity contribution in [3.05, 3.63) is 97.5 Å². The van der Waals surface area contributed by atoms with Crippen molar-refractivity contribution in [2.45, 2.75) is 0 Å². The Morgan fingerprint density at radius 3 is 2.45 bits per heavy atom. The molecule has 0 radical (unpaired) electrons. The Morgan fingerprint density at radius 1 is 1.09 bits per heavy atom. The van der Waals surface area contributed by atoms with Gasteiger partial charge in [0, 0.05) is 22.2 Å². The minimum Gasteiger partial charge on any atom is -0.497 e. The summed E-state index contributed by atoms with van der Waals surface area (Å²) in [6.07, 6.45) is 1.13. The van der Waals surface area contributed by atoms with E-state index >= 15 is 0 Å². The fourth-order valence-electron chi connectivity index (χ4n) is 2.67. The van der Waals surface area contributed by atoms with Crippen molar-refractivity contribution in [3.63, 3.8) is 0 Å². The van der Waals surface area contributed by atoms with E-state index in [9.17, 15) is 19.7 Å². The zero-order valence-electron chi connectivity index (χ0n) is 17.0. The zero-order chi connectivity index (χ0) is 24.0. The first-order chi connectivity index (χ1) is 15.8. The number of hydrazone groups is 1. The molecule has 3 rings (SSSR count). The van der Waals surface area contributed by atoms with E-state index in [4.69, 9.17) is 32.7 Å². The van der Waals surface area contributed by atoms with Crippen LogP contribution in [0.2, 0.25) is 10.0 Å². The Morgan fingerprint density at radius 2 is 1.82 bits per heavy atom. The summed E-state index contributed by atoms with van der Waals surface area (Å²) in [7, 11) is 1.50. The van der Waals surface area contributed by atoms with Crippen LogP contribution in [-0.2, 0) is 0 Å². The number of nitrogens with zero attached hydrogens (tertiary/aromatic N) is 2. The van der Waals surface area contributed by atoms with Crippen LogP contribution in [0.5, 0.6) is 11.5 Å². The summed E-state index contributed by atoms with van der Waals surface area (Å²) < 4.78 is 10.3. The second kappa shape index (κ2) is 10.6. The van der Waals surface area contributed by atoms with Crippen molar-refractivity contribution >= 4 is 47.0 Å². The van der Waals surface area contributed by atoms with Gasteiger partial charge in [0.15, 0.2) is 0 Å². The van der Waals surface area contributed by atoms with Gasteiger partial charge in [-0.25, -0.2) is 10.2 Å². The second-order valence-corrected chi connectivity index (χ2v) is 7.24. The molecule has 0 heterocycles. The molecule has 0 aromatic heterocycles. The van der Waals surface area contributed by atoms with Crippen molar-refractivity contribution in [2.24, 2.45) is 5.10 Å². The van der Waals surface area contributed by atoms with Crippen molar-refractivity contribution in [3.8, 4) is 11.5 Å². The summed E-state index contributed by atoms with van der Waals surface area (Å²) in [5.74, 6) is -1.23. The van der Waals surface area contributed by atoms with Crippen LogP contribution >= 0.6 is 23.2 Å². The third kappa shape index (κ3) is 5.85. The molecule has 9 nitrogen and oxygen atoms in total. The average Bonchev–Trinajstić information content (AvgIpc) is 2.79. The Labute approximate surface area is 197 Å². The molecule has 0 atom stereocenters. The van der Waals surface area contributed by atoms with Gasteiger partial charge in [-0.3, -0.25) is 14.9 Å². The molecule has 3 aromatic rings. The maximum absolute atomic E-state index is 12.6. The molecule has 1 N–H and O–H groups in total. The summed E-state index contributed by atoms with van der Waals surface area (Å²) in [4.78, 5) is 35.6. The lowest BCUT2D eigenvalue weighted by molar-refractivity contribution is -0.385. The number of nitro groups is 1. The minimum atomic E-state index is -0.928. The van der Waals surface area contributed by atoms with Crippen molar-refractivity contribution < 1.29 is 24.0 Å². The largest absolute Gasteiger partial charge is 0.497 e. The van der Waals surface area contributed by atoms with Gasteiger partial charge in [0.2, 0.25) is 5.75 Å². The molecule has 0 unspecified atom stereocenters. The highest BCUT2D eigenvalue weighted by molar-refractivity contribution is 6.36. The number of halogens is 2. The maximum Gasteiger partial charge on any atom is 0.345 e. The number of rotatable bonds is 7. The highest BCUT2D eigenvalue weighted by Gasteiger charge is 2.23. The first-order valence-corrected chi connectivity index (χ1v) is 9.98. The number of carbonyl (C=O) groups is 2. The number of methoxy groups -OCH3 is 1. The van der Waals surface area contributed by atoms with E-state index in [0.29, 0.717) is 16.3 Å². The zero-order valence-corrected chi connectivity index (χ0v) is 18.5. The molecule has 0 spiro atoms. The Balaban J connectivity index is 1.84. The second-order valence-electron chi connectivity index (χ2n) is 6.39. The SMILES string of the molecule is COc1ccc(C(=O)N/N=C/c2cccc([N+](=O)[O-])c2OC(=O)c2ccc(Cl)cc2Cl)cc1. The Kier molecular flexibility index (Phi) is 7.60. The molecule has 0 saturated carbocycles. The van der Waals surface area contributed by atoms with Crippen LogP contribution in [0.4, 0.5) is 5.69 Å². The van der Waals surface area contributed by atoms with Crippen molar-refractivity contribution in [1.82, 2.24) is 5.43 Å². The molecule has 33 heavy (non-hydrogen) atoms. The van der Waals surface area contributed by atoms with E-state index in [-0.39, 0.29) is 21.9 Å². The lowest BCUT2D eigenvalue weighted by Crippen LogP contribution is -2.17. The highest BCUT2D eigenvalue weighted by Crippen LogP contribution is 2.32. The number of nitro benzene ring substituents is 1. The van der Waals surface area contributed by atoms with Crippen LogP contribution in [0.3, 0.4) is 0 Å². The van der Waals surface area contributed by atoms with Gasteiger partial charge in [0.1, 0.15) is 5.75 Å². The number of para-hydroxylation sites is 1. The van der Waals surface area contributed by atoms with Gasteiger partial charge < -0.3 is 9.47 Å². The number of carbonyl (C=O) groups excluding carboxylic acids is 2. The third-order valence-corrected chi connectivity index (χ3v) is 4.84. The number of hydrogen-bond donors (Lipinski definition) is 1. The molecule has 0 aliphatic heterocycles. The number of hydrogen-bond acceptors (Lipinski definition) is 7. The van der Waals surface area contributed by atoms with E-state index in [2.05, 4.69) is 10.5 Å². The van der Waals surface area contributed by atoms with E-state index < -0.39 is 22.5 Å². The molecule has 0 saturated heterocycles. The highest BCUT2D eigenvalue weighted by atomic mass is 35.5. The lowest BCUT2D eigenvalue weighted by Gasteiger charge is -2.09. The van der Waals surface area contributed by atoms with Crippen molar-refractivity contribution in [1.29, 1.82) is 0 Å². The summed E-state index contributed by atoms with van der Waals surface area (Å²) >= 11 is 11.9. The standard InChI is InChI=1S/C22H15Cl2N3O6/c1-32-16-8-5-13(6-9-16)21(28)26-25-12-14-3-2-4-19(27(30)31)20(14)33-22(29)17-10-7-15(23)11-18(17)24/h2-12H,1H3,(H,26,28)/b25-12+. The third-order valence-electron chi connectivity index (χ3n) is 4.29. The van der Waals surface area contributed by atoms with Crippen LogP contribution in [0.1, 0.15) is 26.3 Å². The van der Waals surface area contributed by atoms with Crippen LogP contribution in [0.15, 0.2) is 65.8 Å². The molecule has 0 fully saturated rings. The molecule has 0 aliphatic rings. The summed E-state index contributed by atoms with van der Waals surface area (Å²) in [5, 5.41) is 15.6. The molecular weight excluding hydrogens is 473 g/mol. The molecule has 11 heteroatoms. The van der Waals surface area contributed by atoms with Gasteiger partial charge in [-0.1, -0.05) is 29.3 Å². The summed E-state index contributed by atoms with van der Waals surface area (Å²) in [6, 6.07) is 14.4. The minimum absolute atomic E-state index is 0.0213. The number of nitrogens with one attached hydrogen (secondary N) is 1. The number of amides is 1. The fourth-order valence-corrected chi connectivity index (χ4v) is 3.15. The van der Waals surface area contributed by atoms with Crippen LogP contribution in [0, 0.1) is 10.1 Å². The van der Waals surface area contributed by atoms with Gasteiger partial charge in [0.25, 0.3) is 5.91 Å². The van der Waals surface area contributed by atoms with Gasteiger partial charge in [-0.15, -0.1) is 0 Å². The number of ether oxygens (including phenoxy) is 2. The monoisotopic (exact) mass is 487 g/mol. The molecule has 168 valence electrons. The molecule has 1 amide bonds. The molecule has 0 aliphatic carbocycles. The first-order valence-electron chi connectivity index (χ1n) is 9.22. The van der Waals surface area contributed by atoms with Crippen LogP contribution < -0.4 is 14.9 Å². The van der Waals surface area contributed by atoms with Crippen LogP contribution in [-0.4, -0.2) is 30.1 Å². The molecule has 3 aromatic carbocycles. The number of benzene rings is 3. The van der Waals surface area contributed by atoms with Crippen molar-refractivity contribution in [2.75, 3.05) is 7.11 Å².